The van der Waals surface area contributed by atoms with Crippen LogP contribution < -0.4 is 14.4 Å². The predicted octanol–water partition coefficient (Wildman–Crippen LogP) is 5.18. The first-order chi connectivity index (χ1) is 17.7. The van der Waals surface area contributed by atoms with Gasteiger partial charge in [0.05, 0.1) is 14.2 Å². The van der Waals surface area contributed by atoms with Crippen LogP contribution in [0, 0.1) is 13.8 Å². The number of methoxy groups -OCH3 is 2. The summed E-state index contributed by atoms with van der Waals surface area (Å²) in [6.07, 6.45) is 1.66. The number of nitrogens with zero attached hydrogens (tertiary/aromatic N) is 4. The highest BCUT2D eigenvalue weighted by atomic mass is 32.2. The quantitative estimate of drug-likeness (QED) is 0.230. The molecule has 0 amide bonds. The summed E-state index contributed by atoms with van der Waals surface area (Å²) in [5.41, 5.74) is 5.58. The second-order valence-electron chi connectivity index (χ2n) is 8.56. The lowest BCUT2D eigenvalue weighted by molar-refractivity contribution is -0.131. The van der Waals surface area contributed by atoms with Gasteiger partial charge in [-0.1, -0.05) is 0 Å². The number of nitrogens with one attached hydrogen (secondary N) is 1. The molecular formula is C27H29N5O4S. The highest BCUT2D eigenvalue weighted by Crippen LogP contribution is 2.32. The number of aliphatic carboxylic acids is 1. The van der Waals surface area contributed by atoms with Crippen LogP contribution in [-0.4, -0.2) is 59.1 Å². The van der Waals surface area contributed by atoms with E-state index in [1.165, 1.54) is 0 Å². The Kier molecular flexibility index (Phi) is 7.58. The van der Waals surface area contributed by atoms with Crippen molar-refractivity contribution in [1.29, 1.82) is 0 Å². The van der Waals surface area contributed by atoms with Crippen LogP contribution in [0.3, 0.4) is 0 Å². The van der Waals surface area contributed by atoms with Crippen LogP contribution in [0.15, 0.2) is 58.6 Å². The minimum Gasteiger partial charge on any atom is -0.497 e. The summed E-state index contributed by atoms with van der Waals surface area (Å²) in [7, 11) is 7.14. The van der Waals surface area contributed by atoms with E-state index in [9.17, 15) is 9.90 Å². The van der Waals surface area contributed by atoms with E-state index in [2.05, 4.69) is 44.0 Å². The number of H-pyrrole nitrogens is 1. The van der Waals surface area contributed by atoms with Gasteiger partial charge in [-0.15, -0.1) is 5.10 Å². The SMILES string of the molecule is COc1cc(OC)cc(-c2nc(S/C(=C/c3cc(C)n(-c4ccc(N(C)C)cc4)c3C)C(=O)O)n[nH]2)c1. The number of carboxylic acids is 1. The van der Waals surface area contributed by atoms with Crippen LogP contribution in [0.5, 0.6) is 11.5 Å². The third-order valence-electron chi connectivity index (χ3n) is 5.88. The summed E-state index contributed by atoms with van der Waals surface area (Å²) in [6.45, 7) is 3.98. The van der Waals surface area contributed by atoms with Gasteiger partial charge in [-0.3, -0.25) is 5.10 Å². The number of hydrogen-bond acceptors (Lipinski definition) is 7. The standard InChI is InChI=1S/C27H29N5O4S/c1-16-11-18(17(2)32(16)21-9-7-20(8-10-21)31(3)4)14-24(26(33)34)37-27-28-25(29-30-27)19-12-22(35-5)15-23(13-19)36-6/h7-15H,1-6H3,(H,33,34)(H,28,29,30)/b24-14+. The number of carbonyl (C=O) groups is 1. The first-order valence-corrected chi connectivity index (χ1v) is 12.3. The van der Waals surface area contributed by atoms with E-state index in [-0.39, 0.29) is 4.91 Å². The van der Waals surface area contributed by atoms with E-state index in [0.29, 0.717) is 28.0 Å². The molecule has 0 bridgehead atoms. The summed E-state index contributed by atoms with van der Waals surface area (Å²) in [5.74, 6) is 0.638. The molecule has 0 aliphatic heterocycles. The van der Waals surface area contributed by atoms with Crippen molar-refractivity contribution in [1.82, 2.24) is 19.7 Å². The monoisotopic (exact) mass is 519 g/mol. The zero-order chi connectivity index (χ0) is 26.7. The predicted molar refractivity (Wildman–Crippen MR) is 146 cm³/mol. The van der Waals surface area contributed by atoms with Gasteiger partial charge in [0.1, 0.15) is 16.4 Å². The first kappa shape index (κ1) is 25.9. The van der Waals surface area contributed by atoms with E-state index >= 15 is 0 Å². The summed E-state index contributed by atoms with van der Waals surface area (Å²) < 4.78 is 12.7. The molecule has 0 unspecified atom stereocenters. The maximum atomic E-state index is 12.1. The third-order valence-corrected chi connectivity index (χ3v) is 6.76. The summed E-state index contributed by atoms with van der Waals surface area (Å²) in [6, 6.07) is 15.5. The van der Waals surface area contributed by atoms with Crippen LogP contribution >= 0.6 is 11.8 Å². The number of hydrogen-bond donors (Lipinski definition) is 2. The van der Waals surface area contributed by atoms with E-state index in [1.54, 1.807) is 38.5 Å². The average Bonchev–Trinajstić information content (AvgIpc) is 3.47. The van der Waals surface area contributed by atoms with Gasteiger partial charge in [-0.25, -0.2) is 9.78 Å². The van der Waals surface area contributed by atoms with Crippen molar-refractivity contribution >= 4 is 29.5 Å². The van der Waals surface area contributed by atoms with E-state index in [0.717, 1.165) is 40.1 Å². The molecular weight excluding hydrogens is 490 g/mol. The molecule has 10 heteroatoms. The van der Waals surface area contributed by atoms with Gasteiger partial charge >= 0.3 is 5.97 Å². The molecule has 2 heterocycles. The van der Waals surface area contributed by atoms with E-state index < -0.39 is 5.97 Å². The number of aryl methyl sites for hydroxylation is 1. The Balaban J connectivity index is 1.63. The second kappa shape index (κ2) is 10.8. The van der Waals surface area contributed by atoms with Crippen LogP contribution in [-0.2, 0) is 4.79 Å². The number of anilines is 1. The fourth-order valence-corrected chi connectivity index (χ4v) is 4.67. The number of thioether (sulfide) groups is 1. The lowest BCUT2D eigenvalue weighted by Crippen LogP contribution is -2.08. The van der Waals surface area contributed by atoms with Crippen LogP contribution in [0.2, 0.25) is 0 Å². The lowest BCUT2D eigenvalue weighted by Gasteiger charge is -2.15. The molecule has 0 atom stereocenters. The normalized spacial score (nSPS) is 11.5. The number of aromatic nitrogens is 4. The van der Waals surface area contributed by atoms with Crippen molar-refractivity contribution in [2.45, 2.75) is 19.0 Å². The largest absolute Gasteiger partial charge is 0.497 e. The number of carboxylic acid groups (broad SMARTS) is 1. The number of ether oxygens (including phenoxy) is 2. The van der Waals surface area contributed by atoms with Crippen LogP contribution in [0.4, 0.5) is 5.69 Å². The minimum atomic E-state index is -1.06. The van der Waals surface area contributed by atoms with Crippen molar-refractivity contribution in [3.63, 3.8) is 0 Å². The van der Waals surface area contributed by atoms with Crippen molar-refractivity contribution in [2.24, 2.45) is 0 Å². The molecule has 9 nitrogen and oxygen atoms in total. The molecule has 0 fully saturated rings. The summed E-state index contributed by atoms with van der Waals surface area (Å²) >= 11 is 0.983. The Morgan fingerprint density at radius 3 is 2.27 bits per heavy atom. The van der Waals surface area contributed by atoms with Gasteiger partial charge in [-0.05, 0) is 79.7 Å². The molecule has 0 spiro atoms. The summed E-state index contributed by atoms with van der Waals surface area (Å²) in [4.78, 5) is 18.8. The van der Waals surface area contributed by atoms with Crippen LogP contribution in [0.1, 0.15) is 17.0 Å². The van der Waals surface area contributed by atoms with Crippen molar-refractivity contribution in [3.8, 4) is 28.6 Å². The maximum Gasteiger partial charge on any atom is 0.342 e. The van der Waals surface area contributed by atoms with Crippen molar-refractivity contribution in [2.75, 3.05) is 33.2 Å². The fraction of sp³-hybridized carbons (Fsp3) is 0.222. The van der Waals surface area contributed by atoms with Gasteiger partial charge in [0.25, 0.3) is 0 Å². The Morgan fingerprint density at radius 1 is 1.05 bits per heavy atom. The number of benzene rings is 2. The third kappa shape index (κ3) is 5.64. The Hall–Kier alpha value is -4.18. The molecule has 4 rings (SSSR count). The van der Waals surface area contributed by atoms with Gasteiger partial charge in [-0.2, -0.15) is 0 Å². The van der Waals surface area contributed by atoms with E-state index in [4.69, 9.17) is 9.47 Å². The minimum absolute atomic E-state index is 0.108. The molecule has 2 aromatic heterocycles. The molecule has 0 aliphatic carbocycles. The first-order valence-electron chi connectivity index (χ1n) is 11.5. The molecule has 0 radical (unpaired) electrons. The average molecular weight is 520 g/mol. The summed E-state index contributed by atoms with van der Waals surface area (Å²) in [5, 5.41) is 17.3. The molecule has 0 aliphatic rings. The number of rotatable bonds is 9. The van der Waals surface area contributed by atoms with Gasteiger partial charge in [0.15, 0.2) is 5.82 Å². The molecule has 192 valence electrons. The zero-order valence-corrected chi connectivity index (χ0v) is 22.4. The van der Waals surface area contributed by atoms with Gasteiger partial charge < -0.3 is 24.0 Å². The molecule has 0 saturated carbocycles. The van der Waals surface area contributed by atoms with E-state index in [1.807, 2.05) is 38.9 Å². The highest BCUT2D eigenvalue weighted by Gasteiger charge is 2.17. The topological polar surface area (TPSA) is 106 Å². The van der Waals surface area contributed by atoms with Gasteiger partial charge in [0.2, 0.25) is 5.16 Å². The zero-order valence-electron chi connectivity index (χ0n) is 21.6. The Morgan fingerprint density at radius 2 is 1.70 bits per heavy atom. The highest BCUT2D eigenvalue weighted by molar-refractivity contribution is 8.04. The maximum absolute atomic E-state index is 12.1. The lowest BCUT2D eigenvalue weighted by atomic mass is 10.2. The van der Waals surface area contributed by atoms with Gasteiger partial charge in [0, 0.05) is 48.5 Å². The molecule has 2 aromatic carbocycles. The fourth-order valence-electron chi connectivity index (χ4n) is 3.97. The van der Waals surface area contributed by atoms with Crippen molar-refractivity contribution < 1.29 is 19.4 Å². The van der Waals surface area contributed by atoms with Crippen molar-refractivity contribution in [3.05, 3.63) is 70.4 Å². The molecule has 0 saturated heterocycles. The molecule has 37 heavy (non-hydrogen) atoms. The van der Waals surface area contributed by atoms with Crippen LogP contribution in [0.25, 0.3) is 23.2 Å². The smallest absolute Gasteiger partial charge is 0.342 e. The number of aromatic amines is 1. The second-order valence-corrected chi connectivity index (χ2v) is 9.57. The Labute approximate surface area is 219 Å². The molecule has 2 N–H and O–H groups in total. The Bertz CT molecular complexity index is 1430. The molecule has 4 aromatic rings.